The Morgan fingerprint density at radius 2 is 2.12 bits per heavy atom. The molecule has 1 heterocycles. The van der Waals surface area contributed by atoms with Gasteiger partial charge in [0.15, 0.2) is 0 Å². The third-order valence-electron chi connectivity index (χ3n) is 2.54. The minimum Gasteiger partial charge on any atom is -0.456 e. The van der Waals surface area contributed by atoms with Crippen LogP contribution in [0.4, 0.5) is 0 Å². The molecule has 4 heteroatoms. The van der Waals surface area contributed by atoms with Crippen molar-refractivity contribution in [3.8, 4) is 0 Å². The molecule has 0 spiro atoms. The van der Waals surface area contributed by atoms with Gasteiger partial charge in [0.25, 0.3) is 0 Å². The molecule has 0 aromatic heterocycles. The molecule has 1 rings (SSSR count). The number of hydrogen-bond donors (Lipinski definition) is 1. The number of nitrogens with one attached hydrogen (secondary N) is 1. The molecular formula is C13H21NO3. The first-order valence-corrected chi connectivity index (χ1v) is 5.81. The van der Waals surface area contributed by atoms with Crippen molar-refractivity contribution in [2.45, 2.75) is 58.6 Å². The van der Waals surface area contributed by atoms with Crippen molar-refractivity contribution in [2.24, 2.45) is 0 Å². The van der Waals surface area contributed by atoms with E-state index in [-0.39, 0.29) is 17.4 Å². The van der Waals surface area contributed by atoms with E-state index in [2.05, 4.69) is 5.32 Å². The highest BCUT2D eigenvalue weighted by molar-refractivity contribution is 5.84. The van der Waals surface area contributed by atoms with Gasteiger partial charge in [-0.3, -0.25) is 4.79 Å². The maximum Gasteiger partial charge on any atom is 0.331 e. The molecule has 0 unspecified atom stereocenters. The lowest BCUT2D eigenvalue weighted by molar-refractivity contribution is -0.151. The second kappa shape index (κ2) is 4.51. The van der Waals surface area contributed by atoms with E-state index in [1.54, 1.807) is 0 Å². The van der Waals surface area contributed by atoms with Gasteiger partial charge < -0.3 is 10.1 Å². The van der Waals surface area contributed by atoms with Crippen molar-refractivity contribution in [1.29, 1.82) is 0 Å². The second-order valence-electron chi connectivity index (χ2n) is 5.90. The van der Waals surface area contributed by atoms with E-state index in [0.29, 0.717) is 12.8 Å². The maximum absolute atomic E-state index is 11.4. The molecule has 0 bridgehead atoms. The van der Waals surface area contributed by atoms with Gasteiger partial charge in [-0.25, -0.2) is 4.79 Å². The molecule has 1 aliphatic heterocycles. The molecule has 96 valence electrons. The number of hydrogen-bond acceptors (Lipinski definition) is 3. The van der Waals surface area contributed by atoms with E-state index in [4.69, 9.17) is 4.74 Å². The van der Waals surface area contributed by atoms with Gasteiger partial charge >= 0.3 is 5.97 Å². The number of amides is 1. The Hall–Kier alpha value is -1.32. The first-order valence-electron chi connectivity index (χ1n) is 5.81. The Balaban J connectivity index is 2.74. The molecule has 1 N–H and O–H groups in total. The van der Waals surface area contributed by atoms with Crippen LogP contribution in [0.25, 0.3) is 0 Å². The van der Waals surface area contributed by atoms with Gasteiger partial charge in [-0.15, -0.1) is 0 Å². The van der Waals surface area contributed by atoms with Crippen molar-refractivity contribution in [1.82, 2.24) is 5.32 Å². The van der Waals surface area contributed by atoms with Crippen molar-refractivity contribution in [3.05, 3.63) is 11.6 Å². The molecule has 0 aromatic rings. The normalized spacial score (nSPS) is 19.4. The minimum atomic E-state index is -0.451. The van der Waals surface area contributed by atoms with E-state index < -0.39 is 5.60 Å². The summed E-state index contributed by atoms with van der Waals surface area (Å²) in [5, 5.41) is 2.88. The summed E-state index contributed by atoms with van der Waals surface area (Å²) in [5.41, 5.74) is 0.226. The molecule has 0 radical (unpaired) electrons. The summed E-state index contributed by atoms with van der Waals surface area (Å²) in [4.78, 5) is 22.5. The van der Waals surface area contributed by atoms with Gasteiger partial charge in [-0.2, -0.15) is 0 Å². The maximum atomic E-state index is 11.4. The molecule has 1 amide bonds. The van der Waals surface area contributed by atoms with Crippen molar-refractivity contribution in [2.75, 3.05) is 0 Å². The quantitative estimate of drug-likeness (QED) is 0.766. The zero-order valence-corrected chi connectivity index (χ0v) is 11.2. The van der Waals surface area contributed by atoms with E-state index in [0.717, 1.165) is 5.57 Å². The predicted molar refractivity (Wildman–Crippen MR) is 65.4 cm³/mol. The molecule has 0 fully saturated rings. The van der Waals surface area contributed by atoms with E-state index in [9.17, 15) is 9.59 Å². The van der Waals surface area contributed by atoms with E-state index in [1.807, 2.05) is 27.7 Å². The van der Waals surface area contributed by atoms with Crippen LogP contribution >= 0.6 is 0 Å². The summed E-state index contributed by atoms with van der Waals surface area (Å²) >= 11 is 0. The molecule has 0 saturated carbocycles. The fourth-order valence-corrected chi connectivity index (χ4v) is 2.30. The molecule has 4 nitrogen and oxygen atoms in total. The lowest BCUT2D eigenvalue weighted by Gasteiger charge is -2.33. The van der Waals surface area contributed by atoms with Crippen LogP contribution in [-0.4, -0.2) is 23.0 Å². The number of ether oxygens (including phenoxy) is 1. The monoisotopic (exact) mass is 239 g/mol. The average molecular weight is 239 g/mol. The first kappa shape index (κ1) is 13.7. The van der Waals surface area contributed by atoms with Gasteiger partial charge in [0.05, 0.1) is 0 Å². The predicted octanol–water partition coefficient (Wildman–Crippen LogP) is 1.94. The fourth-order valence-electron chi connectivity index (χ4n) is 2.30. The molecule has 0 aliphatic carbocycles. The third-order valence-corrected chi connectivity index (χ3v) is 2.54. The lowest BCUT2D eigenvalue weighted by atomic mass is 9.86. The summed E-state index contributed by atoms with van der Waals surface area (Å²) in [5.74, 6) is -0.358. The minimum absolute atomic E-state index is 0.0618. The van der Waals surface area contributed by atoms with Gasteiger partial charge in [0, 0.05) is 25.0 Å². The number of cyclic esters (lactones) is 1. The largest absolute Gasteiger partial charge is 0.456 e. The van der Waals surface area contributed by atoms with Crippen LogP contribution in [0.5, 0.6) is 0 Å². The topological polar surface area (TPSA) is 55.4 Å². The zero-order chi connectivity index (χ0) is 13.3. The third kappa shape index (κ3) is 4.59. The summed E-state index contributed by atoms with van der Waals surface area (Å²) in [6.45, 7) is 9.17. The van der Waals surface area contributed by atoms with Crippen LogP contribution in [-0.2, 0) is 14.3 Å². The lowest BCUT2D eigenvalue weighted by Crippen LogP contribution is -2.43. The number of rotatable bonds is 3. The van der Waals surface area contributed by atoms with Crippen LogP contribution in [0, 0.1) is 0 Å². The Kier molecular flexibility index (Phi) is 3.65. The summed E-state index contributed by atoms with van der Waals surface area (Å²) in [6.07, 6.45) is 2.90. The Morgan fingerprint density at radius 3 is 2.59 bits per heavy atom. The average Bonchev–Trinajstić information content (AvgIpc) is 1.93. The highest BCUT2D eigenvalue weighted by Crippen LogP contribution is 2.30. The van der Waals surface area contributed by atoms with Crippen molar-refractivity contribution < 1.29 is 14.3 Å². The van der Waals surface area contributed by atoms with E-state index in [1.165, 1.54) is 13.0 Å². The number of carbonyl (C=O) groups is 2. The zero-order valence-electron chi connectivity index (χ0n) is 11.2. The van der Waals surface area contributed by atoms with Gasteiger partial charge in [0.2, 0.25) is 5.91 Å². The number of carbonyl (C=O) groups excluding carboxylic acids is 2. The van der Waals surface area contributed by atoms with Crippen LogP contribution in [0.15, 0.2) is 11.6 Å². The Labute approximate surface area is 102 Å². The summed E-state index contributed by atoms with van der Waals surface area (Å²) in [6, 6.07) is 0. The summed E-state index contributed by atoms with van der Waals surface area (Å²) < 4.78 is 5.20. The Morgan fingerprint density at radius 1 is 1.53 bits per heavy atom. The molecule has 0 saturated heterocycles. The molecule has 17 heavy (non-hydrogen) atoms. The smallest absolute Gasteiger partial charge is 0.331 e. The van der Waals surface area contributed by atoms with Crippen molar-refractivity contribution in [3.63, 3.8) is 0 Å². The van der Waals surface area contributed by atoms with Crippen LogP contribution < -0.4 is 5.32 Å². The fraction of sp³-hybridized carbons (Fsp3) is 0.692. The Bertz CT molecular complexity index is 367. The van der Waals surface area contributed by atoms with Crippen LogP contribution in [0.2, 0.25) is 0 Å². The van der Waals surface area contributed by atoms with Gasteiger partial charge in [0.1, 0.15) is 5.60 Å². The van der Waals surface area contributed by atoms with Gasteiger partial charge in [-0.05, 0) is 34.1 Å². The van der Waals surface area contributed by atoms with Gasteiger partial charge in [-0.1, -0.05) is 5.57 Å². The van der Waals surface area contributed by atoms with E-state index >= 15 is 0 Å². The van der Waals surface area contributed by atoms with Crippen LogP contribution in [0.3, 0.4) is 0 Å². The number of esters is 1. The van der Waals surface area contributed by atoms with Crippen molar-refractivity contribution >= 4 is 11.9 Å². The molecule has 1 aliphatic rings. The van der Waals surface area contributed by atoms with Crippen LogP contribution in [0.1, 0.15) is 47.5 Å². The molecular weight excluding hydrogens is 218 g/mol. The second-order valence-corrected chi connectivity index (χ2v) is 5.90. The standard InChI is InChI=1S/C13H21NO3/c1-9(15)14-12(2,3)7-10-6-11(16)17-13(4,5)8-10/h6H,7-8H2,1-5H3,(H,14,15). The summed E-state index contributed by atoms with van der Waals surface area (Å²) in [7, 11) is 0. The molecule has 0 atom stereocenters. The first-order chi connectivity index (χ1) is 7.60. The SMILES string of the molecule is CC(=O)NC(C)(C)CC1=CC(=O)OC(C)(C)C1. The highest BCUT2D eigenvalue weighted by Gasteiger charge is 2.31. The highest BCUT2D eigenvalue weighted by atomic mass is 16.6. The molecule has 0 aromatic carbocycles.